The molecule has 0 bridgehead atoms. The Morgan fingerprint density at radius 1 is 0.559 bits per heavy atom. The van der Waals surface area contributed by atoms with E-state index >= 15 is 0 Å². The van der Waals surface area contributed by atoms with Gasteiger partial charge in [-0.1, -0.05) is 137 Å². The Bertz CT molecular complexity index is 3070. The molecule has 0 unspecified atom stereocenters. The van der Waals surface area contributed by atoms with Crippen LogP contribution in [0.2, 0.25) is 19.6 Å². The number of imidazole rings is 1. The van der Waals surface area contributed by atoms with Crippen molar-refractivity contribution in [3.8, 4) is 28.2 Å². The number of nitrogens with zero attached hydrogens (tertiary/aromatic N) is 2. The fourth-order valence-electron chi connectivity index (χ4n) is 8.26. The van der Waals surface area contributed by atoms with Gasteiger partial charge in [-0.15, -0.1) is 29.5 Å². The molecule has 10 aromatic rings. The second-order valence-corrected chi connectivity index (χ2v) is 23.0. The summed E-state index contributed by atoms with van der Waals surface area (Å²) < 4.78 is 4.97. The minimum Gasteiger partial charge on any atom is -0.333 e. The van der Waals surface area contributed by atoms with Crippen molar-refractivity contribution in [3.05, 3.63) is 175 Å². The number of hydrogen-bond donors (Lipinski definition) is 0. The van der Waals surface area contributed by atoms with E-state index in [1.54, 1.807) is 0 Å². The molecule has 2 heterocycles. The van der Waals surface area contributed by atoms with Crippen molar-refractivity contribution in [2.24, 2.45) is 0 Å². The van der Waals surface area contributed by atoms with Gasteiger partial charge in [0.25, 0.3) is 0 Å². The van der Waals surface area contributed by atoms with Gasteiger partial charge in [0.1, 0.15) is 0 Å². The summed E-state index contributed by atoms with van der Waals surface area (Å²) in [5, 5.41) is 9.19. The van der Waals surface area contributed by atoms with Crippen LogP contribution in [-0.4, -0.2) is 17.6 Å². The zero-order chi connectivity index (χ0) is 40.1. The summed E-state index contributed by atoms with van der Waals surface area (Å²) in [6, 6.07) is 62.3. The zero-order valence-corrected chi connectivity index (χ0v) is 38.9. The van der Waals surface area contributed by atoms with Crippen LogP contribution >= 0.6 is 11.3 Å². The summed E-state index contributed by atoms with van der Waals surface area (Å²) in [4.78, 5) is 5.32. The summed E-state index contributed by atoms with van der Waals surface area (Å²) in [7, 11) is -1.20. The van der Waals surface area contributed by atoms with Crippen LogP contribution in [0.4, 0.5) is 0 Å². The van der Waals surface area contributed by atoms with Crippen LogP contribution in [0.15, 0.2) is 146 Å². The van der Waals surface area contributed by atoms with Crippen LogP contribution in [0.25, 0.3) is 81.0 Å². The van der Waals surface area contributed by atoms with Crippen LogP contribution in [0.3, 0.4) is 0 Å². The standard InChI is InChI=1S/C39H31N2S.C15H16Si.Ir/c1-23(2)26-13-9-14-27(24(3)4)36(26)41-35-18-8-7-17-34(35)40-39(41)33-16-10-15-30-32-22-21-29-28-12-6-5-11-25(28)19-20-31(29)37(32)42-38(30)33;1-16(2,3)15-11-9-14(10-12-15)13-7-5-4-6-8-13;/h5-15,17-24H,1-4H3;4-7,9,11-12H,1-3H3;/q-1;-2;+3. The largest absolute Gasteiger partial charge is 3.00 e. The van der Waals surface area contributed by atoms with Crippen molar-refractivity contribution >= 4 is 77.3 Å². The normalized spacial score (nSPS) is 11.8. The first kappa shape index (κ1) is 40.6. The minimum absolute atomic E-state index is 0. The first-order chi connectivity index (χ1) is 28.1. The van der Waals surface area contributed by atoms with Crippen LogP contribution < -0.4 is 5.19 Å². The average molecular weight is 976 g/mol. The van der Waals surface area contributed by atoms with Crippen LogP contribution in [0, 0.1) is 18.2 Å². The molecule has 0 atom stereocenters. The van der Waals surface area contributed by atoms with Crippen molar-refractivity contribution in [2.45, 2.75) is 59.2 Å². The van der Waals surface area contributed by atoms with E-state index in [2.05, 4.69) is 197 Å². The van der Waals surface area contributed by atoms with Gasteiger partial charge in [-0.25, -0.2) is 11.1 Å². The average Bonchev–Trinajstić information content (AvgIpc) is 3.82. The predicted octanol–water partition coefficient (Wildman–Crippen LogP) is 14.9. The summed E-state index contributed by atoms with van der Waals surface area (Å²) in [6.45, 7) is 16.2. The molecule has 0 amide bonds. The SMILES string of the molecule is CC(C)c1cccc(C(C)C)c1-n1c(-c2[c-]ccc3c2sc2c3ccc3c4ccccc4ccc32)nc2ccccc21.C[Si](C)(C)c1c[c-]c(-c2[c-]cccc2)cc1.[Ir+3]. The van der Waals surface area contributed by atoms with E-state index in [1.807, 2.05) is 29.5 Å². The first-order valence-corrected chi connectivity index (χ1v) is 24.7. The first-order valence-electron chi connectivity index (χ1n) is 20.4. The topological polar surface area (TPSA) is 17.8 Å². The molecule has 5 heteroatoms. The molecule has 0 radical (unpaired) electrons. The number of hydrogen-bond acceptors (Lipinski definition) is 2. The zero-order valence-electron chi connectivity index (χ0n) is 34.6. The van der Waals surface area contributed by atoms with Crippen molar-refractivity contribution in [2.75, 3.05) is 0 Å². The number of aromatic nitrogens is 2. The van der Waals surface area contributed by atoms with Gasteiger partial charge >= 0.3 is 20.1 Å². The molecule has 2 aromatic heterocycles. The van der Waals surface area contributed by atoms with Crippen LogP contribution in [0.5, 0.6) is 0 Å². The Kier molecular flexibility index (Phi) is 11.3. The third kappa shape index (κ3) is 7.51. The van der Waals surface area contributed by atoms with Gasteiger partial charge in [0.2, 0.25) is 0 Å². The second kappa shape index (κ2) is 16.5. The summed E-state index contributed by atoms with van der Waals surface area (Å²) in [5.41, 5.74) is 9.38. The number of fused-ring (bicyclic) bond motifs is 8. The van der Waals surface area contributed by atoms with Gasteiger partial charge in [0.15, 0.2) is 0 Å². The molecule has 0 saturated carbocycles. The third-order valence-electron chi connectivity index (χ3n) is 11.3. The number of rotatable bonds is 6. The molecule has 2 nitrogen and oxygen atoms in total. The summed E-state index contributed by atoms with van der Waals surface area (Å²) >= 11 is 1.87. The Morgan fingerprint density at radius 3 is 1.93 bits per heavy atom. The van der Waals surface area contributed by atoms with Crippen molar-refractivity contribution in [1.29, 1.82) is 0 Å². The van der Waals surface area contributed by atoms with Crippen molar-refractivity contribution in [3.63, 3.8) is 0 Å². The molecule has 59 heavy (non-hydrogen) atoms. The van der Waals surface area contributed by atoms with Crippen molar-refractivity contribution in [1.82, 2.24) is 9.55 Å². The molecule has 10 rings (SSSR count). The van der Waals surface area contributed by atoms with E-state index in [-0.39, 0.29) is 20.1 Å². The fourth-order valence-corrected chi connectivity index (χ4v) is 10.7. The van der Waals surface area contributed by atoms with E-state index in [9.17, 15) is 0 Å². The minimum atomic E-state index is -1.20. The second-order valence-electron chi connectivity index (χ2n) is 16.9. The maximum Gasteiger partial charge on any atom is 3.00 e. The number of thiophene rings is 1. The Hall–Kier alpha value is -5.16. The van der Waals surface area contributed by atoms with Gasteiger partial charge in [-0.3, -0.25) is 4.98 Å². The van der Waals surface area contributed by atoms with Gasteiger partial charge < -0.3 is 4.57 Å². The molecule has 0 fully saturated rings. The molecular weight excluding hydrogens is 929 g/mol. The predicted molar refractivity (Wildman–Crippen MR) is 254 cm³/mol. The Balaban J connectivity index is 0.000000240. The molecule has 0 aliphatic carbocycles. The van der Waals surface area contributed by atoms with Gasteiger partial charge in [0.05, 0.1) is 16.9 Å². The van der Waals surface area contributed by atoms with E-state index in [0.29, 0.717) is 11.8 Å². The molecule has 0 aliphatic heterocycles. The Morgan fingerprint density at radius 2 is 1.22 bits per heavy atom. The smallest absolute Gasteiger partial charge is 0.333 e. The maximum absolute atomic E-state index is 5.32. The Labute approximate surface area is 366 Å². The van der Waals surface area contributed by atoms with E-state index in [1.165, 1.54) is 63.7 Å². The molecule has 0 saturated heterocycles. The van der Waals surface area contributed by atoms with Crippen molar-refractivity contribution < 1.29 is 20.1 Å². The quantitative estimate of drug-likeness (QED) is 0.0922. The molecule has 0 N–H and O–H groups in total. The third-order valence-corrected chi connectivity index (χ3v) is 14.7. The van der Waals surface area contributed by atoms with Gasteiger partial charge in [-0.2, -0.15) is 59.9 Å². The maximum atomic E-state index is 5.32. The summed E-state index contributed by atoms with van der Waals surface area (Å²) in [6.07, 6.45) is 0. The fraction of sp³-hybridized carbons (Fsp3) is 0.167. The molecule has 292 valence electrons. The van der Waals surface area contributed by atoms with Gasteiger partial charge in [-0.05, 0) is 66.7 Å². The van der Waals surface area contributed by atoms with Crippen LogP contribution in [0.1, 0.15) is 50.7 Å². The van der Waals surface area contributed by atoms with E-state index in [4.69, 9.17) is 4.98 Å². The van der Waals surface area contributed by atoms with Gasteiger partial charge in [0, 0.05) is 18.5 Å². The molecule has 0 spiro atoms. The molecular formula is C54H47IrN2SSi. The number of para-hydroxylation sites is 3. The van der Waals surface area contributed by atoms with E-state index in [0.717, 1.165) is 33.5 Å². The van der Waals surface area contributed by atoms with Crippen LogP contribution in [-0.2, 0) is 20.1 Å². The molecule has 8 aromatic carbocycles. The number of benzene rings is 8. The monoisotopic (exact) mass is 976 g/mol. The molecule has 0 aliphatic rings. The summed E-state index contributed by atoms with van der Waals surface area (Å²) in [5.74, 6) is 1.70. The van der Waals surface area contributed by atoms with E-state index < -0.39 is 8.07 Å².